The fourth-order valence-corrected chi connectivity index (χ4v) is 7.06. The van der Waals surface area contributed by atoms with Gasteiger partial charge in [-0.25, -0.2) is 20.8 Å². The average molecular weight is 709 g/mol. The first-order valence-corrected chi connectivity index (χ1v) is 17.9. The van der Waals surface area contributed by atoms with E-state index in [0.29, 0.717) is 47.8 Å². The molecule has 2 aliphatic rings. The molecule has 49 heavy (non-hydrogen) atoms. The van der Waals surface area contributed by atoms with Crippen molar-refractivity contribution >= 4 is 40.9 Å². The van der Waals surface area contributed by atoms with Crippen molar-refractivity contribution in [3.63, 3.8) is 0 Å². The van der Waals surface area contributed by atoms with Gasteiger partial charge in [0.1, 0.15) is 24.1 Å². The Balaban J connectivity index is 1.13. The molecule has 4 aromatic rings. The van der Waals surface area contributed by atoms with E-state index in [0.717, 1.165) is 93.0 Å². The Kier molecular flexibility index (Phi) is 12.0. The third kappa shape index (κ3) is 9.29. The number of morpholine rings is 1. The van der Waals surface area contributed by atoms with Crippen LogP contribution in [0.15, 0.2) is 53.6 Å². The Hall–Kier alpha value is -4.18. The summed E-state index contributed by atoms with van der Waals surface area (Å²) in [7, 11) is 0. The van der Waals surface area contributed by atoms with Crippen molar-refractivity contribution in [1.29, 1.82) is 5.41 Å². The zero-order chi connectivity index (χ0) is 34.0. The molecule has 2 fully saturated rings. The highest BCUT2D eigenvalue weighted by Crippen LogP contribution is 2.35. The quantitative estimate of drug-likeness (QED) is 0.0264. The molecule has 6 rings (SSSR count). The van der Waals surface area contributed by atoms with Crippen LogP contribution in [0.25, 0.3) is 11.1 Å². The molecule has 1 saturated heterocycles. The van der Waals surface area contributed by atoms with Crippen LogP contribution >= 0.6 is 22.9 Å². The molecule has 1 aromatic carbocycles. The van der Waals surface area contributed by atoms with Gasteiger partial charge in [-0.1, -0.05) is 17.7 Å². The first kappa shape index (κ1) is 34.7. The van der Waals surface area contributed by atoms with E-state index in [1.54, 1.807) is 29.8 Å². The SMILES string of the molecule is C[C@@H](C[N+](C=N)=NN)Oc1cc(-c2cnc(Nc3cn(C4CCC(N5CCOCC5)CC4)nc3OCCCc3nccs3)nc2)ccc1Cl. The van der Waals surface area contributed by atoms with E-state index in [-0.39, 0.29) is 6.10 Å². The number of aryl methyl sites for hydroxylation is 1. The molecule has 260 valence electrons. The van der Waals surface area contributed by atoms with Gasteiger partial charge in [-0.05, 0) is 56.7 Å². The molecular weight excluding hydrogens is 666 g/mol. The normalized spacial score (nSPS) is 19.3. The summed E-state index contributed by atoms with van der Waals surface area (Å²) < 4.78 is 21.2. The van der Waals surface area contributed by atoms with Crippen LogP contribution in [0.4, 0.5) is 11.6 Å². The number of ether oxygens (including phenoxy) is 3. The number of hydrogen-bond acceptors (Lipinski definition) is 12. The highest BCUT2D eigenvalue weighted by molar-refractivity contribution is 7.09. The molecule has 0 radical (unpaired) electrons. The Labute approximate surface area is 294 Å². The second-order valence-corrected chi connectivity index (χ2v) is 13.6. The summed E-state index contributed by atoms with van der Waals surface area (Å²) in [6.45, 7) is 6.37. The van der Waals surface area contributed by atoms with Crippen LogP contribution in [0.3, 0.4) is 0 Å². The van der Waals surface area contributed by atoms with Crippen molar-refractivity contribution in [3.05, 3.63) is 58.4 Å². The monoisotopic (exact) mass is 708 g/mol. The summed E-state index contributed by atoms with van der Waals surface area (Å²) >= 11 is 8.09. The van der Waals surface area contributed by atoms with Gasteiger partial charge in [0.15, 0.2) is 0 Å². The van der Waals surface area contributed by atoms with Crippen molar-refractivity contribution < 1.29 is 18.9 Å². The third-order valence-corrected chi connectivity index (χ3v) is 9.94. The minimum atomic E-state index is -0.325. The fourth-order valence-electron chi connectivity index (χ4n) is 6.24. The molecule has 0 spiro atoms. The van der Waals surface area contributed by atoms with Gasteiger partial charge >= 0.3 is 0 Å². The zero-order valence-corrected chi connectivity index (χ0v) is 29.2. The van der Waals surface area contributed by atoms with Crippen molar-refractivity contribution in [1.82, 2.24) is 29.6 Å². The van der Waals surface area contributed by atoms with E-state index in [2.05, 4.69) is 35.1 Å². The summed E-state index contributed by atoms with van der Waals surface area (Å²) in [5.74, 6) is 6.79. The van der Waals surface area contributed by atoms with E-state index in [1.165, 1.54) is 4.70 Å². The maximum Gasteiger partial charge on any atom is 0.256 e. The highest BCUT2D eigenvalue weighted by Gasteiger charge is 2.29. The second kappa shape index (κ2) is 17.0. The number of hydrogen-bond donors (Lipinski definition) is 3. The van der Waals surface area contributed by atoms with Gasteiger partial charge in [0.2, 0.25) is 12.3 Å². The van der Waals surface area contributed by atoms with Crippen molar-refractivity contribution in [2.75, 3.05) is 44.8 Å². The lowest BCUT2D eigenvalue weighted by molar-refractivity contribution is -0.485. The Morgan fingerprint density at radius 3 is 2.65 bits per heavy atom. The summed E-state index contributed by atoms with van der Waals surface area (Å²) in [6.07, 6.45) is 14.2. The van der Waals surface area contributed by atoms with Crippen molar-refractivity contribution in [3.8, 4) is 22.8 Å². The predicted octanol–water partition coefficient (Wildman–Crippen LogP) is 5.73. The largest absolute Gasteiger partial charge is 0.486 e. The zero-order valence-electron chi connectivity index (χ0n) is 27.6. The number of rotatable bonds is 15. The van der Waals surface area contributed by atoms with Crippen molar-refractivity contribution in [2.45, 2.75) is 63.6 Å². The highest BCUT2D eigenvalue weighted by atomic mass is 35.5. The summed E-state index contributed by atoms with van der Waals surface area (Å²) in [6, 6.07) is 6.41. The van der Waals surface area contributed by atoms with Crippen LogP contribution in [0.1, 0.15) is 50.1 Å². The van der Waals surface area contributed by atoms with Crippen molar-refractivity contribution in [2.24, 2.45) is 11.1 Å². The lowest BCUT2D eigenvalue weighted by Gasteiger charge is -2.38. The minimum absolute atomic E-state index is 0.299. The minimum Gasteiger partial charge on any atom is -0.486 e. The van der Waals surface area contributed by atoms with E-state index in [1.807, 2.05) is 36.8 Å². The molecule has 14 nitrogen and oxygen atoms in total. The van der Waals surface area contributed by atoms with Crippen LogP contribution in [0.2, 0.25) is 5.02 Å². The summed E-state index contributed by atoms with van der Waals surface area (Å²) in [4.78, 5) is 16.2. The summed E-state index contributed by atoms with van der Waals surface area (Å²) in [5, 5.41) is 22.7. The number of thiazole rings is 1. The first-order chi connectivity index (χ1) is 24.0. The molecule has 3 aromatic heterocycles. The number of nitrogens with one attached hydrogen (secondary N) is 2. The average Bonchev–Trinajstić information content (AvgIpc) is 3.81. The maximum absolute atomic E-state index is 7.38. The molecule has 0 bridgehead atoms. The van der Waals surface area contributed by atoms with Gasteiger partial charge in [0.05, 0.1) is 42.1 Å². The van der Waals surface area contributed by atoms with Gasteiger partial charge < -0.3 is 19.5 Å². The first-order valence-electron chi connectivity index (χ1n) is 16.6. The molecule has 0 amide bonds. The molecule has 1 aliphatic heterocycles. The topological polar surface area (TPSA) is 165 Å². The number of anilines is 2. The maximum atomic E-state index is 7.38. The van der Waals surface area contributed by atoms with Gasteiger partial charge in [-0.2, -0.15) is 5.41 Å². The lowest BCUT2D eigenvalue weighted by Crippen LogP contribution is -2.45. The van der Waals surface area contributed by atoms with Crippen LogP contribution < -0.4 is 20.6 Å². The predicted molar refractivity (Wildman–Crippen MR) is 188 cm³/mol. The van der Waals surface area contributed by atoms with Crippen LogP contribution in [-0.4, -0.2) is 92.3 Å². The Morgan fingerprint density at radius 1 is 1.16 bits per heavy atom. The van der Waals surface area contributed by atoms with Crippen LogP contribution in [0, 0.1) is 5.41 Å². The number of nitrogens with zero attached hydrogens (tertiary/aromatic N) is 8. The van der Waals surface area contributed by atoms with E-state index < -0.39 is 0 Å². The molecule has 4 N–H and O–H groups in total. The van der Waals surface area contributed by atoms with Gasteiger partial charge in [0.25, 0.3) is 5.88 Å². The van der Waals surface area contributed by atoms with Gasteiger partial charge in [-0.15, -0.1) is 21.1 Å². The Morgan fingerprint density at radius 2 is 1.94 bits per heavy atom. The molecule has 1 aliphatic carbocycles. The van der Waals surface area contributed by atoms with E-state index in [4.69, 9.17) is 42.2 Å². The van der Waals surface area contributed by atoms with Gasteiger partial charge in [0, 0.05) is 60.3 Å². The molecule has 1 saturated carbocycles. The summed E-state index contributed by atoms with van der Waals surface area (Å²) in [5.41, 5.74) is 2.37. The number of nitrogens with two attached hydrogens (primary N) is 1. The number of benzene rings is 1. The molecule has 0 unspecified atom stereocenters. The second-order valence-electron chi connectivity index (χ2n) is 12.2. The van der Waals surface area contributed by atoms with E-state index in [9.17, 15) is 0 Å². The van der Waals surface area contributed by atoms with Crippen LogP contribution in [-0.2, 0) is 11.2 Å². The Bertz CT molecular complexity index is 1670. The number of halogens is 1. The van der Waals surface area contributed by atoms with Gasteiger partial charge in [-0.3, -0.25) is 9.58 Å². The smallest absolute Gasteiger partial charge is 0.256 e. The third-order valence-electron chi connectivity index (χ3n) is 8.79. The standard InChI is InChI=1S/C33H42ClN11O3S/c1-23(20-44(22-35)42-36)48-30-17-24(4-9-28(30)34)25-18-38-33(39-19-25)40-29-21-45(41-32(29)47-13-2-3-31-37-10-16-49-31)27-7-5-26(6-8-27)43-11-14-46-15-12-43/h4,9-10,16-19,21-23,26-27,35-36H,2-3,5-8,11-15,20H2,1H3,(H,38,39,40)/p+1/t23-,26?,27?/m0/s1. The van der Waals surface area contributed by atoms with Crippen LogP contribution in [0.5, 0.6) is 11.6 Å². The molecular formula is C33H43ClN11O3S+. The molecule has 1 atom stereocenters. The molecule has 16 heteroatoms. The van der Waals surface area contributed by atoms with E-state index >= 15 is 0 Å². The molecule has 4 heterocycles. The fraction of sp³-hybridized carbons (Fsp3) is 0.485. The lowest BCUT2D eigenvalue weighted by atomic mass is 9.90. The number of aromatic nitrogens is 5.